The van der Waals surface area contributed by atoms with Crippen LogP contribution in [0.1, 0.15) is 81.2 Å². The summed E-state index contributed by atoms with van der Waals surface area (Å²) in [6.45, 7) is 2.88. The van der Waals surface area contributed by atoms with Gasteiger partial charge in [-0.3, -0.25) is 14.4 Å². The average molecular weight is 639 g/mol. The van der Waals surface area contributed by atoms with E-state index in [0.29, 0.717) is 57.4 Å². The van der Waals surface area contributed by atoms with Crippen molar-refractivity contribution in [2.24, 2.45) is 0 Å². The van der Waals surface area contributed by atoms with Crippen LogP contribution in [0.4, 0.5) is 4.39 Å². The van der Waals surface area contributed by atoms with Crippen molar-refractivity contribution in [3.05, 3.63) is 97.1 Å². The largest absolute Gasteiger partial charge is 0.458 e. The topological polar surface area (TPSA) is 151 Å². The molecule has 2 amide bonds. The predicted octanol–water partition coefficient (Wildman–Crippen LogP) is 2.82. The predicted molar refractivity (Wildman–Crippen MR) is 166 cm³/mol. The van der Waals surface area contributed by atoms with E-state index in [2.05, 4.69) is 5.32 Å². The first-order valence-electron chi connectivity index (χ1n) is 15.7. The number of ether oxygens (including phenoxy) is 1. The number of cyclic esters (lactones) is 1. The van der Waals surface area contributed by atoms with Gasteiger partial charge >= 0.3 is 5.97 Å². The van der Waals surface area contributed by atoms with Gasteiger partial charge in [-0.15, -0.1) is 0 Å². The number of aliphatic hydroxyl groups is 2. The lowest BCUT2D eigenvalue weighted by atomic mass is 9.81. The Kier molecular flexibility index (Phi) is 6.44. The monoisotopic (exact) mass is 638 g/mol. The van der Waals surface area contributed by atoms with Crippen LogP contribution in [0.15, 0.2) is 41.2 Å². The number of hydrogen-bond donors (Lipinski definition) is 3. The Morgan fingerprint density at radius 3 is 2.74 bits per heavy atom. The molecule has 0 bridgehead atoms. The Labute approximate surface area is 267 Å². The molecule has 4 aromatic rings. The summed E-state index contributed by atoms with van der Waals surface area (Å²) in [5, 5.41) is 25.7. The Morgan fingerprint density at radius 2 is 1.96 bits per heavy atom. The Bertz CT molecular complexity index is 2160. The summed E-state index contributed by atoms with van der Waals surface area (Å²) in [5.41, 5.74) is 2.65. The molecular weight excluding hydrogens is 607 g/mol. The van der Waals surface area contributed by atoms with Gasteiger partial charge in [0.25, 0.3) is 11.5 Å². The van der Waals surface area contributed by atoms with Gasteiger partial charge in [-0.05, 0) is 60.6 Å². The van der Waals surface area contributed by atoms with Gasteiger partial charge in [0.05, 0.1) is 54.2 Å². The molecule has 12 heteroatoms. The van der Waals surface area contributed by atoms with Gasteiger partial charge in [-0.2, -0.15) is 0 Å². The maximum absolute atomic E-state index is 15.2. The molecule has 5 heterocycles. The Morgan fingerprint density at radius 1 is 1.17 bits per heavy atom. The molecule has 0 saturated carbocycles. The van der Waals surface area contributed by atoms with Crippen molar-refractivity contribution in [3.63, 3.8) is 0 Å². The molecule has 0 spiro atoms. The number of carbonyl (C=O) groups is 3. The number of nitrogens with zero attached hydrogens (tertiary/aromatic N) is 3. The van der Waals surface area contributed by atoms with E-state index in [-0.39, 0.29) is 49.7 Å². The van der Waals surface area contributed by atoms with Gasteiger partial charge in [-0.1, -0.05) is 25.1 Å². The summed E-state index contributed by atoms with van der Waals surface area (Å²) in [4.78, 5) is 59.4. The van der Waals surface area contributed by atoms with E-state index in [1.54, 1.807) is 44.2 Å². The summed E-state index contributed by atoms with van der Waals surface area (Å²) in [7, 11) is 0. The number of fused-ring (bicyclic) bond motifs is 6. The number of benzene rings is 2. The molecular formula is C35H31FN4O7. The van der Waals surface area contributed by atoms with E-state index < -0.39 is 41.0 Å². The van der Waals surface area contributed by atoms with Gasteiger partial charge in [0.15, 0.2) is 5.60 Å². The highest BCUT2D eigenvalue weighted by atomic mass is 19.1. The summed E-state index contributed by atoms with van der Waals surface area (Å²) in [5.74, 6) is -2.02. The van der Waals surface area contributed by atoms with Gasteiger partial charge in [-0.25, -0.2) is 14.2 Å². The third-order valence-electron chi connectivity index (χ3n) is 10.3. The molecule has 2 unspecified atom stereocenters. The number of esters is 1. The second-order valence-corrected chi connectivity index (χ2v) is 12.8. The van der Waals surface area contributed by atoms with E-state index in [0.717, 1.165) is 11.1 Å². The fourth-order valence-electron chi connectivity index (χ4n) is 7.79. The second kappa shape index (κ2) is 10.3. The zero-order valence-corrected chi connectivity index (χ0v) is 25.7. The third kappa shape index (κ3) is 4.14. The van der Waals surface area contributed by atoms with Gasteiger partial charge in [0.2, 0.25) is 5.91 Å². The highest BCUT2D eigenvalue weighted by Crippen LogP contribution is 2.46. The number of halogens is 1. The number of nitrogens with one attached hydrogen (secondary N) is 1. The SMILES string of the molecule is CC[C@@]1(O)C(=O)OCc2c1cc1n(c2=O)Cc2c-1nc1cc(F)c(C)c3c1c2C(NC(=O)CN1CC(O)c2ccccc2C1=O)CC3. The molecule has 3 N–H and O–H groups in total. The van der Waals surface area contributed by atoms with Crippen molar-refractivity contribution in [3.8, 4) is 11.4 Å². The molecule has 11 nitrogen and oxygen atoms in total. The minimum atomic E-state index is -2.00. The molecule has 0 fully saturated rings. The molecule has 240 valence electrons. The lowest BCUT2D eigenvalue weighted by molar-refractivity contribution is -0.172. The summed E-state index contributed by atoms with van der Waals surface area (Å²) in [6, 6.07) is 9.19. The number of carbonyl (C=O) groups excluding carboxylic acids is 3. The fraction of sp³-hybridized carbons (Fsp3) is 0.343. The molecule has 2 aromatic carbocycles. The van der Waals surface area contributed by atoms with Gasteiger partial charge < -0.3 is 29.7 Å². The first kappa shape index (κ1) is 29.5. The van der Waals surface area contributed by atoms with Crippen molar-refractivity contribution in [1.82, 2.24) is 19.8 Å². The lowest BCUT2D eigenvalue weighted by Gasteiger charge is -2.33. The van der Waals surface area contributed by atoms with Crippen molar-refractivity contribution in [2.75, 3.05) is 13.1 Å². The van der Waals surface area contributed by atoms with Crippen molar-refractivity contribution >= 4 is 28.7 Å². The first-order chi connectivity index (χ1) is 22.5. The van der Waals surface area contributed by atoms with Crippen LogP contribution in [0.3, 0.4) is 0 Å². The number of rotatable bonds is 4. The second-order valence-electron chi connectivity index (χ2n) is 12.8. The van der Waals surface area contributed by atoms with E-state index in [4.69, 9.17) is 9.72 Å². The summed E-state index contributed by atoms with van der Waals surface area (Å²) >= 11 is 0. The van der Waals surface area contributed by atoms with E-state index >= 15 is 4.39 Å². The normalized spacial score (nSPS) is 22.4. The lowest BCUT2D eigenvalue weighted by Crippen LogP contribution is -2.46. The zero-order chi connectivity index (χ0) is 32.9. The molecule has 0 saturated heterocycles. The third-order valence-corrected chi connectivity index (χ3v) is 10.3. The molecule has 47 heavy (non-hydrogen) atoms. The number of hydrogen-bond acceptors (Lipinski definition) is 8. The maximum Gasteiger partial charge on any atom is 0.343 e. The van der Waals surface area contributed by atoms with Crippen LogP contribution in [0.5, 0.6) is 0 Å². The number of pyridine rings is 2. The van der Waals surface area contributed by atoms with Crippen molar-refractivity contribution in [1.29, 1.82) is 0 Å². The van der Waals surface area contributed by atoms with Crippen molar-refractivity contribution < 1.29 is 33.7 Å². The van der Waals surface area contributed by atoms with Gasteiger partial charge in [0, 0.05) is 28.1 Å². The Hall–Kier alpha value is -4.94. The molecule has 8 rings (SSSR count). The number of amides is 2. The number of aromatic nitrogens is 2. The van der Waals surface area contributed by atoms with E-state index in [9.17, 15) is 29.4 Å². The smallest absolute Gasteiger partial charge is 0.343 e. The molecule has 1 aliphatic carbocycles. The minimum Gasteiger partial charge on any atom is -0.458 e. The minimum absolute atomic E-state index is 0.00489. The number of β-amino-alcohol motifs (C(OH)–C–C–N with tert-alkyl or cyclic N) is 1. The van der Waals surface area contributed by atoms with Crippen LogP contribution < -0.4 is 10.9 Å². The zero-order valence-electron chi connectivity index (χ0n) is 25.7. The van der Waals surface area contributed by atoms with Crippen molar-refractivity contribution in [2.45, 2.75) is 64.0 Å². The highest BCUT2D eigenvalue weighted by molar-refractivity contribution is 5.99. The van der Waals surface area contributed by atoms with E-state index in [1.165, 1.54) is 15.5 Å². The average Bonchev–Trinajstić information content (AvgIpc) is 3.43. The molecule has 4 aliphatic rings. The number of aliphatic hydroxyl groups excluding tert-OH is 1. The Balaban J connectivity index is 1.22. The summed E-state index contributed by atoms with van der Waals surface area (Å²) in [6.07, 6.45) is -0.0203. The van der Waals surface area contributed by atoms with Crippen LogP contribution in [0, 0.1) is 12.7 Å². The van der Waals surface area contributed by atoms with Crippen LogP contribution in [0.25, 0.3) is 22.3 Å². The highest BCUT2D eigenvalue weighted by Gasteiger charge is 2.46. The number of aryl methyl sites for hydroxylation is 1. The molecule has 3 aliphatic heterocycles. The van der Waals surface area contributed by atoms with E-state index in [1.807, 2.05) is 0 Å². The van der Waals surface area contributed by atoms with Crippen LogP contribution in [-0.4, -0.2) is 55.5 Å². The van der Waals surface area contributed by atoms with Gasteiger partial charge in [0.1, 0.15) is 12.4 Å². The fourth-order valence-corrected chi connectivity index (χ4v) is 7.79. The standard InChI is InChI=1S/C35H31FN4O7/c1-3-35(46)22-10-26-31-20(12-40(26)33(44)21(22)15-47-34(35)45)30-24(9-8-17-16(2)23(36)11-25(38-31)29(17)30)37-28(42)14-39-13-27(41)18-6-4-5-7-19(18)32(39)43/h4-7,10-11,24,27,41,46H,3,8-9,12-15H2,1-2H3,(H,37,42)/t24?,27?,35-/m0/s1. The quantitative estimate of drug-likeness (QED) is 0.255. The molecule has 0 radical (unpaired) electrons. The van der Waals surface area contributed by atoms with Crippen LogP contribution >= 0.6 is 0 Å². The summed E-state index contributed by atoms with van der Waals surface area (Å²) < 4.78 is 21.9. The maximum atomic E-state index is 15.2. The molecule has 3 atom stereocenters. The van der Waals surface area contributed by atoms with Crippen LogP contribution in [-0.2, 0) is 39.5 Å². The first-order valence-corrected chi connectivity index (χ1v) is 15.7. The van der Waals surface area contributed by atoms with Crippen LogP contribution in [0.2, 0.25) is 0 Å². The molecule has 2 aromatic heterocycles.